The maximum Gasteiger partial charge on any atom is 0.252 e. The number of amides is 2. The maximum absolute atomic E-state index is 12.2. The minimum Gasteiger partial charge on any atom is -0.352 e. The molecular weight excluding hydrogens is 368 g/mol. The van der Waals surface area contributed by atoms with E-state index in [1.165, 1.54) is 0 Å². The topological polar surface area (TPSA) is 49.4 Å². The summed E-state index contributed by atoms with van der Waals surface area (Å²) in [7, 11) is 0. The lowest BCUT2D eigenvalue weighted by Crippen LogP contribution is -2.31. The van der Waals surface area contributed by atoms with Crippen molar-refractivity contribution in [3.8, 4) is 0 Å². The third-order valence-corrected chi connectivity index (χ3v) is 4.87. The Hall–Kier alpha value is -2.14. The van der Waals surface area contributed by atoms with Gasteiger partial charge in [-0.15, -0.1) is 0 Å². The Morgan fingerprint density at radius 1 is 1.12 bits per heavy atom. The SMILES string of the molecule is O=C(NCC1CC(=O)N(Cc2ccccc2)C1)c1ccccc1Br. The zero-order chi connectivity index (χ0) is 16.9. The molecule has 4 nitrogen and oxygen atoms in total. The number of hydrogen-bond acceptors (Lipinski definition) is 2. The summed E-state index contributed by atoms with van der Waals surface area (Å²) in [5.41, 5.74) is 1.74. The van der Waals surface area contributed by atoms with Gasteiger partial charge in [-0.1, -0.05) is 42.5 Å². The van der Waals surface area contributed by atoms with Crippen molar-refractivity contribution in [3.05, 3.63) is 70.2 Å². The lowest BCUT2D eigenvalue weighted by Gasteiger charge is -2.17. The number of hydrogen-bond donors (Lipinski definition) is 1. The monoisotopic (exact) mass is 386 g/mol. The van der Waals surface area contributed by atoms with Crippen LogP contribution in [-0.2, 0) is 11.3 Å². The highest BCUT2D eigenvalue weighted by Gasteiger charge is 2.29. The molecule has 1 heterocycles. The lowest BCUT2D eigenvalue weighted by atomic mass is 10.1. The molecule has 0 aliphatic carbocycles. The van der Waals surface area contributed by atoms with Gasteiger partial charge in [0.2, 0.25) is 5.91 Å². The number of nitrogens with zero attached hydrogens (tertiary/aromatic N) is 1. The Labute approximate surface area is 150 Å². The molecular formula is C19H19BrN2O2. The van der Waals surface area contributed by atoms with E-state index in [9.17, 15) is 9.59 Å². The van der Waals surface area contributed by atoms with Crippen LogP contribution in [0.15, 0.2) is 59.1 Å². The fraction of sp³-hybridized carbons (Fsp3) is 0.263. The summed E-state index contributed by atoms with van der Waals surface area (Å²) in [6, 6.07) is 17.3. The van der Waals surface area contributed by atoms with E-state index in [2.05, 4.69) is 21.2 Å². The van der Waals surface area contributed by atoms with Crippen molar-refractivity contribution in [2.24, 2.45) is 5.92 Å². The van der Waals surface area contributed by atoms with Crippen LogP contribution < -0.4 is 5.32 Å². The molecule has 1 fully saturated rings. The molecule has 1 N–H and O–H groups in total. The van der Waals surface area contributed by atoms with Gasteiger partial charge >= 0.3 is 0 Å². The molecule has 1 aliphatic rings. The molecule has 0 aromatic heterocycles. The van der Waals surface area contributed by atoms with Crippen molar-refractivity contribution in [3.63, 3.8) is 0 Å². The van der Waals surface area contributed by atoms with Gasteiger partial charge in [0.05, 0.1) is 5.56 Å². The van der Waals surface area contributed by atoms with Gasteiger partial charge in [-0.3, -0.25) is 9.59 Å². The van der Waals surface area contributed by atoms with Crippen LogP contribution in [-0.4, -0.2) is 29.8 Å². The predicted octanol–water partition coefficient (Wildman–Crippen LogP) is 3.23. The second kappa shape index (κ2) is 7.62. The average molecular weight is 387 g/mol. The molecule has 2 amide bonds. The van der Waals surface area contributed by atoms with Gasteiger partial charge in [-0.25, -0.2) is 0 Å². The van der Waals surface area contributed by atoms with Crippen LogP contribution in [0.4, 0.5) is 0 Å². The van der Waals surface area contributed by atoms with Gasteiger partial charge in [0, 0.05) is 36.4 Å². The quantitative estimate of drug-likeness (QED) is 0.857. The van der Waals surface area contributed by atoms with Crippen molar-refractivity contribution >= 4 is 27.7 Å². The molecule has 1 unspecified atom stereocenters. The Bertz CT molecular complexity index is 733. The number of likely N-dealkylation sites (tertiary alicyclic amines) is 1. The first-order chi connectivity index (χ1) is 11.6. The van der Waals surface area contributed by atoms with Gasteiger partial charge in [0.25, 0.3) is 5.91 Å². The minimum absolute atomic E-state index is 0.114. The molecule has 124 valence electrons. The number of halogens is 1. The van der Waals surface area contributed by atoms with E-state index in [0.29, 0.717) is 31.6 Å². The standard InChI is InChI=1S/C19H19BrN2O2/c20-17-9-5-4-8-16(17)19(24)21-11-15-10-18(23)22(13-15)12-14-6-2-1-3-7-14/h1-9,15H,10-13H2,(H,21,24). The average Bonchev–Trinajstić information content (AvgIpc) is 2.94. The summed E-state index contributed by atoms with van der Waals surface area (Å²) in [5, 5.41) is 2.94. The largest absolute Gasteiger partial charge is 0.352 e. The van der Waals surface area contributed by atoms with E-state index < -0.39 is 0 Å². The van der Waals surface area contributed by atoms with E-state index in [0.717, 1.165) is 10.0 Å². The molecule has 0 radical (unpaired) electrons. The van der Waals surface area contributed by atoms with Gasteiger partial charge in [0.15, 0.2) is 0 Å². The fourth-order valence-corrected chi connectivity index (χ4v) is 3.39. The Morgan fingerprint density at radius 3 is 2.58 bits per heavy atom. The van der Waals surface area contributed by atoms with Crippen LogP contribution in [0.5, 0.6) is 0 Å². The van der Waals surface area contributed by atoms with E-state index in [1.54, 1.807) is 6.07 Å². The highest BCUT2D eigenvalue weighted by molar-refractivity contribution is 9.10. The summed E-state index contributed by atoms with van der Waals surface area (Å²) < 4.78 is 0.774. The highest BCUT2D eigenvalue weighted by atomic mass is 79.9. The van der Waals surface area contributed by atoms with Crippen molar-refractivity contribution in [2.45, 2.75) is 13.0 Å². The van der Waals surface area contributed by atoms with Crippen molar-refractivity contribution in [2.75, 3.05) is 13.1 Å². The van der Waals surface area contributed by atoms with Crippen molar-refractivity contribution in [1.29, 1.82) is 0 Å². The molecule has 24 heavy (non-hydrogen) atoms. The van der Waals surface area contributed by atoms with Gasteiger partial charge in [0.1, 0.15) is 0 Å². The zero-order valence-electron chi connectivity index (χ0n) is 13.2. The van der Waals surface area contributed by atoms with Crippen LogP contribution in [0.3, 0.4) is 0 Å². The normalized spacial score (nSPS) is 17.1. The fourth-order valence-electron chi connectivity index (χ4n) is 2.92. The number of carbonyl (C=O) groups excluding carboxylic acids is 2. The zero-order valence-corrected chi connectivity index (χ0v) is 14.8. The molecule has 2 aromatic rings. The van der Waals surface area contributed by atoms with Crippen molar-refractivity contribution in [1.82, 2.24) is 10.2 Å². The summed E-state index contributed by atoms with van der Waals surface area (Å²) in [5.74, 6) is 0.197. The van der Waals surface area contributed by atoms with E-state index in [4.69, 9.17) is 0 Å². The smallest absolute Gasteiger partial charge is 0.252 e. The predicted molar refractivity (Wildman–Crippen MR) is 96.4 cm³/mol. The van der Waals surface area contributed by atoms with Crippen LogP contribution in [0.2, 0.25) is 0 Å². The van der Waals surface area contributed by atoms with E-state index in [-0.39, 0.29) is 17.7 Å². The lowest BCUT2D eigenvalue weighted by molar-refractivity contribution is -0.128. The molecule has 3 rings (SSSR count). The molecule has 0 spiro atoms. The van der Waals surface area contributed by atoms with Gasteiger partial charge in [-0.05, 0) is 33.6 Å². The molecule has 0 saturated carbocycles. The molecule has 1 saturated heterocycles. The van der Waals surface area contributed by atoms with Crippen LogP contribution >= 0.6 is 15.9 Å². The molecule has 1 atom stereocenters. The third kappa shape index (κ3) is 4.03. The van der Waals surface area contributed by atoms with Crippen LogP contribution in [0, 0.1) is 5.92 Å². The summed E-state index contributed by atoms with van der Waals surface area (Å²) in [6.45, 7) is 1.83. The highest BCUT2D eigenvalue weighted by Crippen LogP contribution is 2.20. The molecule has 5 heteroatoms. The van der Waals surface area contributed by atoms with E-state index >= 15 is 0 Å². The summed E-state index contributed by atoms with van der Waals surface area (Å²) in [4.78, 5) is 26.3. The third-order valence-electron chi connectivity index (χ3n) is 4.18. The number of rotatable bonds is 5. The molecule has 2 aromatic carbocycles. The number of benzene rings is 2. The second-order valence-corrected chi connectivity index (χ2v) is 6.87. The Morgan fingerprint density at radius 2 is 1.83 bits per heavy atom. The first-order valence-corrected chi connectivity index (χ1v) is 8.77. The molecule has 1 aliphatic heterocycles. The Balaban J connectivity index is 1.53. The van der Waals surface area contributed by atoms with E-state index in [1.807, 2.05) is 53.4 Å². The summed E-state index contributed by atoms with van der Waals surface area (Å²) in [6.07, 6.45) is 0.489. The van der Waals surface area contributed by atoms with Crippen LogP contribution in [0.25, 0.3) is 0 Å². The minimum atomic E-state index is -0.114. The summed E-state index contributed by atoms with van der Waals surface area (Å²) >= 11 is 3.38. The van der Waals surface area contributed by atoms with Gasteiger partial charge in [-0.2, -0.15) is 0 Å². The van der Waals surface area contributed by atoms with Gasteiger partial charge < -0.3 is 10.2 Å². The van der Waals surface area contributed by atoms with Crippen LogP contribution in [0.1, 0.15) is 22.3 Å². The Kier molecular flexibility index (Phi) is 5.30. The number of nitrogens with one attached hydrogen (secondary N) is 1. The first kappa shape index (κ1) is 16.7. The second-order valence-electron chi connectivity index (χ2n) is 6.02. The first-order valence-electron chi connectivity index (χ1n) is 7.98. The molecule has 0 bridgehead atoms. The van der Waals surface area contributed by atoms with Crippen molar-refractivity contribution < 1.29 is 9.59 Å². The number of carbonyl (C=O) groups is 2. The maximum atomic E-state index is 12.2.